The maximum absolute atomic E-state index is 12.9. The summed E-state index contributed by atoms with van der Waals surface area (Å²) >= 11 is 0. The number of aromatic amines is 1. The molecule has 1 aliphatic heterocycles. The first kappa shape index (κ1) is 19.6. The number of H-pyrrole nitrogens is 1. The van der Waals surface area contributed by atoms with E-state index in [2.05, 4.69) is 15.3 Å². The van der Waals surface area contributed by atoms with Gasteiger partial charge in [-0.2, -0.15) is 0 Å². The molecule has 0 saturated heterocycles. The number of aromatic nitrogens is 3. The van der Waals surface area contributed by atoms with Crippen molar-refractivity contribution in [2.45, 2.75) is 26.3 Å². The minimum atomic E-state index is -0.852. The molecule has 0 spiro atoms. The molecule has 4 N–H and O–H groups in total. The standard InChI is InChI=1S/C21H23N5O4/c1-12-7-16(21(28)25-17(20(22)27)8-14-10-23-11-24-14)13(2)26(12)15-3-4-18-19(9-15)30-6-5-29-18/h3-4,7,9-11,17H,5-6,8H2,1-2H3,(H2,22,27)(H,23,24)(H,25,28)/t17-/m0/s1. The smallest absolute Gasteiger partial charge is 0.253 e. The molecule has 9 nitrogen and oxygen atoms in total. The fourth-order valence-electron chi connectivity index (χ4n) is 3.64. The summed E-state index contributed by atoms with van der Waals surface area (Å²) in [7, 11) is 0. The van der Waals surface area contributed by atoms with Crippen LogP contribution >= 0.6 is 0 Å². The number of primary amides is 1. The van der Waals surface area contributed by atoms with Crippen LogP contribution in [-0.2, 0) is 11.2 Å². The lowest BCUT2D eigenvalue weighted by atomic mass is 10.1. The molecule has 9 heteroatoms. The van der Waals surface area contributed by atoms with E-state index in [1.54, 1.807) is 12.3 Å². The third-order valence-corrected chi connectivity index (χ3v) is 5.09. The van der Waals surface area contributed by atoms with E-state index in [-0.39, 0.29) is 12.3 Å². The van der Waals surface area contributed by atoms with Crippen molar-refractivity contribution in [3.8, 4) is 17.2 Å². The van der Waals surface area contributed by atoms with Gasteiger partial charge in [0.2, 0.25) is 5.91 Å². The van der Waals surface area contributed by atoms with E-state index in [1.165, 1.54) is 6.33 Å². The Hall–Kier alpha value is -3.75. The van der Waals surface area contributed by atoms with Gasteiger partial charge in [0.25, 0.3) is 5.91 Å². The minimum absolute atomic E-state index is 0.238. The van der Waals surface area contributed by atoms with Crippen LogP contribution in [0.2, 0.25) is 0 Å². The largest absolute Gasteiger partial charge is 0.486 e. The van der Waals surface area contributed by atoms with Crippen LogP contribution in [0.5, 0.6) is 11.5 Å². The lowest BCUT2D eigenvalue weighted by molar-refractivity contribution is -0.119. The number of fused-ring (bicyclic) bond motifs is 1. The first-order valence-electron chi connectivity index (χ1n) is 9.60. The Morgan fingerprint density at radius 3 is 2.70 bits per heavy atom. The van der Waals surface area contributed by atoms with Crippen molar-refractivity contribution in [1.82, 2.24) is 19.9 Å². The Labute approximate surface area is 173 Å². The second-order valence-corrected chi connectivity index (χ2v) is 7.16. The fourth-order valence-corrected chi connectivity index (χ4v) is 3.64. The predicted molar refractivity (Wildman–Crippen MR) is 109 cm³/mol. The zero-order chi connectivity index (χ0) is 21.3. The van der Waals surface area contributed by atoms with E-state index in [0.717, 1.165) is 17.1 Å². The lowest BCUT2D eigenvalue weighted by Gasteiger charge is -2.20. The van der Waals surface area contributed by atoms with Gasteiger partial charge in [-0.05, 0) is 32.0 Å². The van der Waals surface area contributed by atoms with E-state index in [4.69, 9.17) is 15.2 Å². The van der Waals surface area contributed by atoms with E-state index >= 15 is 0 Å². The Morgan fingerprint density at radius 2 is 2.00 bits per heavy atom. The van der Waals surface area contributed by atoms with Crippen LogP contribution in [0, 0.1) is 13.8 Å². The molecular formula is C21H23N5O4. The van der Waals surface area contributed by atoms with Gasteiger partial charge in [0, 0.05) is 41.5 Å². The Balaban J connectivity index is 1.59. The van der Waals surface area contributed by atoms with Crippen molar-refractivity contribution in [1.29, 1.82) is 0 Å². The Morgan fingerprint density at radius 1 is 1.23 bits per heavy atom. The Kier molecular flexibility index (Phi) is 5.18. The number of imidazole rings is 1. The van der Waals surface area contributed by atoms with Crippen LogP contribution in [0.4, 0.5) is 0 Å². The van der Waals surface area contributed by atoms with Crippen LogP contribution in [0.1, 0.15) is 27.4 Å². The van der Waals surface area contributed by atoms with Crippen molar-refractivity contribution in [2.24, 2.45) is 5.73 Å². The summed E-state index contributed by atoms with van der Waals surface area (Å²) in [5.41, 5.74) is 9.14. The van der Waals surface area contributed by atoms with Gasteiger partial charge in [0.05, 0.1) is 11.9 Å². The van der Waals surface area contributed by atoms with Crippen molar-refractivity contribution in [3.63, 3.8) is 0 Å². The maximum atomic E-state index is 12.9. The molecule has 0 saturated carbocycles. The molecule has 0 fully saturated rings. The maximum Gasteiger partial charge on any atom is 0.253 e. The first-order chi connectivity index (χ1) is 14.4. The number of ether oxygens (including phenoxy) is 2. The van der Waals surface area contributed by atoms with Gasteiger partial charge >= 0.3 is 0 Å². The normalized spacial score (nSPS) is 13.7. The molecule has 1 aromatic carbocycles. The topological polar surface area (TPSA) is 124 Å². The molecule has 0 unspecified atom stereocenters. The van der Waals surface area contributed by atoms with Gasteiger partial charge < -0.3 is 30.1 Å². The van der Waals surface area contributed by atoms with Crippen LogP contribution < -0.4 is 20.5 Å². The van der Waals surface area contributed by atoms with Crippen molar-refractivity contribution >= 4 is 11.8 Å². The van der Waals surface area contributed by atoms with Crippen LogP contribution in [-0.4, -0.2) is 45.6 Å². The number of benzene rings is 1. The summed E-state index contributed by atoms with van der Waals surface area (Å²) < 4.78 is 13.2. The van der Waals surface area contributed by atoms with E-state index in [9.17, 15) is 9.59 Å². The number of carbonyl (C=O) groups excluding carboxylic acids is 2. The quantitative estimate of drug-likeness (QED) is 0.568. The molecular weight excluding hydrogens is 386 g/mol. The second-order valence-electron chi connectivity index (χ2n) is 7.16. The number of hydrogen-bond acceptors (Lipinski definition) is 5. The molecule has 3 aromatic rings. The third kappa shape index (κ3) is 3.73. The molecule has 4 rings (SSSR count). The summed E-state index contributed by atoms with van der Waals surface area (Å²) in [5.74, 6) is 0.396. The number of aryl methyl sites for hydroxylation is 1. The monoisotopic (exact) mass is 409 g/mol. The van der Waals surface area contributed by atoms with Crippen molar-refractivity contribution in [2.75, 3.05) is 13.2 Å². The summed E-state index contributed by atoms with van der Waals surface area (Å²) in [6, 6.07) is 6.60. The average molecular weight is 409 g/mol. The first-order valence-corrected chi connectivity index (χ1v) is 9.60. The van der Waals surface area contributed by atoms with Gasteiger partial charge in [-0.1, -0.05) is 0 Å². The lowest BCUT2D eigenvalue weighted by Crippen LogP contribution is -2.46. The molecule has 1 aliphatic rings. The molecule has 156 valence electrons. The van der Waals surface area contributed by atoms with Crippen molar-refractivity contribution < 1.29 is 19.1 Å². The zero-order valence-corrected chi connectivity index (χ0v) is 16.8. The highest BCUT2D eigenvalue weighted by atomic mass is 16.6. The molecule has 3 heterocycles. The van der Waals surface area contributed by atoms with E-state index < -0.39 is 11.9 Å². The van der Waals surface area contributed by atoms with Gasteiger partial charge in [-0.3, -0.25) is 9.59 Å². The number of rotatable bonds is 6. The number of nitrogens with zero attached hydrogens (tertiary/aromatic N) is 2. The molecule has 30 heavy (non-hydrogen) atoms. The second kappa shape index (κ2) is 7.94. The number of amides is 2. The highest BCUT2D eigenvalue weighted by Gasteiger charge is 2.24. The summed E-state index contributed by atoms with van der Waals surface area (Å²) in [6.07, 6.45) is 3.34. The number of nitrogens with two attached hydrogens (primary N) is 1. The van der Waals surface area contributed by atoms with Crippen LogP contribution in [0.25, 0.3) is 5.69 Å². The number of nitrogens with one attached hydrogen (secondary N) is 2. The van der Waals surface area contributed by atoms with E-state index in [1.807, 2.05) is 36.6 Å². The molecule has 0 radical (unpaired) electrons. The van der Waals surface area contributed by atoms with Gasteiger partial charge in [-0.15, -0.1) is 0 Å². The Bertz CT molecular complexity index is 1090. The molecule has 0 bridgehead atoms. The summed E-state index contributed by atoms with van der Waals surface area (Å²) in [6.45, 7) is 4.79. The van der Waals surface area contributed by atoms with Gasteiger partial charge in [0.15, 0.2) is 11.5 Å². The van der Waals surface area contributed by atoms with Crippen molar-refractivity contribution in [3.05, 3.63) is 59.4 Å². The molecule has 2 amide bonds. The van der Waals surface area contributed by atoms with Gasteiger partial charge in [-0.25, -0.2) is 4.98 Å². The van der Waals surface area contributed by atoms with Crippen LogP contribution in [0.3, 0.4) is 0 Å². The molecule has 0 aliphatic carbocycles. The number of hydrogen-bond donors (Lipinski definition) is 3. The molecule has 2 aromatic heterocycles. The number of carbonyl (C=O) groups is 2. The zero-order valence-electron chi connectivity index (χ0n) is 16.8. The third-order valence-electron chi connectivity index (χ3n) is 5.09. The summed E-state index contributed by atoms with van der Waals surface area (Å²) in [5, 5.41) is 2.73. The predicted octanol–water partition coefficient (Wildman–Crippen LogP) is 1.41. The van der Waals surface area contributed by atoms with E-state index in [0.29, 0.717) is 36.0 Å². The molecule has 1 atom stereocenters. The summed E-state index contributed by atoms with van der Waals surface area (Å²) in [4.78, 5) is 31.6. The minimum Gasteiger partial charge on any atom is -0.486 e. The van der Waals surface area contributed by atoms with Gasteiger partial charge in [0.1, 0.15) is 19.3 Å². The highest BCUT2D eigenvalue weighted by molar-refractivity contribution is 5.98. The SMILES string of the molecule is Cc1cc(C(=O)N[C@@H](Cc2cnc[nH]2)C(N)=O)c(C)n1-c1ccc2c(c1)OCCO2. The fraction of sp³-hybridized carbons (Fsp3) is 0.286. The van der Waals surface area contributed by atoms with Crippen LogP contribution in [0.15, 0.2) is 36.8 Å². The highest BCUT2D eigenvalue weighted by Crippen LogP contribution is 2.33. The average Bonchev–Trinajstić information content (AvgIpc) is 3.34.